The van der Waals surface area contributed by atoms with Crippen LogP contribution in [0.3, 0.4) is 0 Å². The summed E-state index contributed by atoms with van der Waals surface area (Å²) in [4.78, 5) is 0. The number of nitrogens with zero attached hydrogens (tertiary/aromatic N) is 2. The molecule has 4 nitrogen and oxygen atoms in total. The van der Waals surface area contributed by atoms with Crippen molar-refractivity contribution in [1.29, 1.82) is 0 Å². The summed E-state index contributed by atoms with van der Waals surface area (Å²) in [7, 11) is 0. The number of nitrogens with one attached hydrogen (secondary N) is 1. The van der Waals surface area contributed by atoms with E-state index in [0.29, 0.717) is 6.42 Å². The molecule has 0 amide bonds. The first kappa shape index (κ1) is 12.9. The third-order valence-electron chi connectivity index (χ3n) is 2.58. The van der Waals surface area contributed by atoms with Gasteiger partial charge in [-0.1, -0.05) is 20.8 Å². The van der Waals surface area contributed by atoms with Crippen molar-refractivity contribution in [2.75, 3.05) is 11.9 Å². The predicted molar refractivity (Wildman–Crippen MR) is 65.3 cm³/mol. The molecule has 1 atom stereocenters. The number of hydrogen-bond donors (Lipinski definition) is 2. The van der Waals surface area contributed by atoms with Crippen LogP contribution in [0.2, 0.25) is 0 Å². The Labute approximate surface area is 97.1 Å². The quantitative estimate of drug-likeness (QED) is 0.819. The molecule has 4 heteroatoms. The maximum Gasteiger partial charge on any atom is 0.148 e. The lowest BCUT2D eigenvalue weighted by molar-refractivity contribution is 0.235. The zero-order valence-electron chi connectivity index (χ0n) is 10.5. The molecule has 0 bridgehead atoms. The van der Waals surface area contributed by atoms with Crippen LogP contribution in [0.15, 0.2) is 12.1 Å². The molecule has 0 spiro atoms. The Morgan fingerprint density at radius 3 is 2.44 bits per heavy atom. The second-order valence-corrected chi connectivity index (χ2v) is 5.14. The molecule has 16 heavy (non-hydrogen) atoms. The first-order valence-electron chi connectivity index (χ1n) is 5.61. The summed E-state index contributed by atoms with van der Waals surface area (Å²) in [6.45, 7) is 8.51. The van der Waals surface area contributed by atoms with E-state index in [9.17, 15) is 0 Å². The number of hydrogen-bond acceptors (Lipinski definition) is 4. The number of aromatic nitrogens is 2. The normalized spacial score (nSPS) is 13.6. The highest BCUT2D eigenvalue weighted by Gasteiger charge is 2.24. The Morgan fingerprint density at radius 2 is 2.00 bits per heavy atom. The summed E-state index contributed by atoms with van der Waals surface area (Å²) < 4.78 is 0. The summed E-state index contributed by atoms with van der Waals surface area (Å²) in [6.07, 6.45) is 0.707. The second kappa shape index (κ2) is 5.25. The standard InChI is InChI=1S/C12H21N3O/c1-9-5-6-11(15-14-9)13-10(7-8-16)12(2,3)4/h5-6,10,16H,7-8H2,1-4H3,(H,13,15). The fourth-order valence-electron chi connectivity index (χ4n) is 1.51. The number of aliphatic hydroxyl groups excluding tert-OH is 1. The highest BCUT2D eigenvalue weighted by molar-refractivity contribution is 5.34. The Hall–Kier alpha value is -1.16. The smallest absolute Gasteiger partial charge is 0.148 e. The first-order valence-corrected chi connectivity index (χ1v) is 5.61. The second-order valence-electron chi connectivity index (χ2n) is 5.14. The molecule has 1 aromatic heterocycles. The fraction of sp³-hybridized carbons (Fsp3) is 0.667. The van der Waals surface area contributed by atoms with Gasteiger partial charge in [0.2, 0.25) is 0 Å². The van der Waals surface area contributed by atoms with Crippen LogP contribution in [0.4, 0.5) is 5.82 Å². The Balaban J connectivity index is 2.72. The lowest BCUT2D eigenvalue weighted by Gasteiger charge is -2.31. The summed E-state index contributed by atoms with van der Waals surface area (Å²) >= 11 is 0. The van der Waals surface area contributed by atoms with E-state index in [1.165, 1.54) is 0 Å². The molecule has 0 radical (unpaired) electrons. The van der Waals surface area contributed by atoms with E-state index < -0.39 is 0 Å². The van der Waals surface area contributed by atoms with Gasteiger partial charge in [0.1, 0.15) is 5.82 Å². The SMILES string of the molecule is Cc1ccc(NC(CCO)C(C)(C)C)nn1. The van der Waals surface area contributed by atoms with Gasteiger partial charge in [-0.15, -0.1) is 5.10 Å². The van der Waals surface area contributed by atoms with Crippen molar-refractivity contribution in [1.82, 2.24) is 10.2 Å². The van der Waals surface area contributed by atoms with Crippen molar-refractivity contribution in [3.8, 4) is 0 Å². The van der Waals surface area contributed by atoms with Crippen LogP contribution in [0, 0.1) is 12.3 Å². The van der Waals surface area contributed by atoms with Crippen LogP contribution >= 0.6 is 0 Å². The number of rotatable bonds is 4. The predicted octanol–water partition coefficient (Wildman–Crippen LogP) is 1.99. The van der Waals surface area contributed by atoms with Crippen LogP contribution in [-0.4, -0.2) is 28.0 Å². The van der Waals surface area contributed by atoms with E-state index in [-0.39, 0.29) is 18.1 Å². The number of aliphatic hydroxyl groups is 1. The van der Waals surface area contributed by atoms with E-state index in [4.69, 9.17) is 5.11 Å². The summed E-state index contributed by atoms with van der Waals surface area (Å²) in [5.74, 6) is 0.763. The zero-order chi connectivity index (χ0) is 12.2. The summed E-state index contributed by atoms with van der Waals surface area (Å²) in [6, 6.07) is 4.03. The lowest BCUT2D eigenvalue weighted by atomic mass is 9.85. The van der Waals surface area contributed by atoms with Crippen LogP contribution in [0.25, 0.3) is 0 Å². The minimum absolute atomic E-state index is 0.0787. The molecule has 2 N–H and O–H groups in total. The van der Waals surface area contributed by atoms with E-state index >= 15 is 0 Å². The van der Waals surface area contributed by atoms with Crippen molar-refractivity contribution < 1.29 is 5.11 Å². The van der Waals surface area contributed by atoms with Gasteiger partial charge in [-0.25, -0.2) is 0 Å². The molecule has 0 aliphatic rings. The maximum atomic E-state index is 9.05. The highest BCUT2D eigenvalue weighted by Crippen LogP contribution is 2.24. The third kappa shape index (κ3) is 3.77. The van der Waals surface area contributed by atoms with Gasteiger partial charge < -0.3 is 10.4 Å². The molecule has 1 heterocycles. The monoisotopic (exact) mass is 223 g/mol. The lowest BCUT2D eigenvalue weighted by Crippen LogP contribution is -2.35. The molecule has 90 valence electrons. The average molecular weight is 223 g/mol. The van der Waals surface area contributed by atoms with Crippen molar-refractivity contribution in [2.45, 2.75) is 40.2 Å². The van der Waals surface area contributed by atoms with Crippen LogP contribution < -0.4 is 5.32 Å². The molecule has 0 saturated carbocycles. The highest BCUT2D eigenvalue weighted by atomic mass is 16.3. The molecule has 1 rings (SSSR count). The van der Waals surface area contributed by atoms with Gasteiger partial charge in [0.25, 0.3) is 0 Å². The average Bonchev–Trinajstić information content (AvgIpc) is 2.19. The molecule has 1 unspecified atom stereocenters. The fourth-order valence-corrected chi connectivity index (χ4v) is 1.51. The minimum atomic E-state index is 0.0787. The van der Waals surface area contributed by atoms with Gasteiger partial charge in [0.05, 0.1) is 5.69 Å². The minimum Gasteiger partial charge on any atom is -0.396 e. The van der Waals surface area contributed by atoms with Crippen molar-refractivity contribution >= 4 is 5.82 Å². The number of aryl methyl sites for hydroxylation is 1. The van der Waals surface area contributed by atoms with Crippen LogP contribution in [0.5, 0.6) is 0 Å². The number of anilines is 1. The third-order valence-corrected chi connectivity index (χ3v) is 2.58. The van der Waals surface area contributed by atoms with Gasteiger partial charge in [-0.2, -0.15) is 5.10 Å². The van der Waals surface area contributed by atoms with Gasteiger partial charge in [0, 0.05) is 12.6 Å². The molecule has 0 aliphatic heterocycles. The molecular formula is C12H21N3O. The van der Waals surface area contributed by atoms with E-state index in [1.807, 2.05) is 19.1 Å². The van der Waals surface area contributed by atoms with E-state index in [0.717, 1.165) is 11.5 Å². The maximum absolute atomic E-state index is 9.05. The van der Waals surface area contributed by atoms with Gasteiger partial charge in [0.15, 0.2) is 0 Å². The van der Waals surface area contributed by atoms with Crippen LogP contribution in [-0.2, 0) is 0 Å². The Kier molecular flexibility index (Phi) is 4.24. The molecule has 0 fully saturated rings. The van der Waals surface area contributed by atoms with Crippen molar-refractivity contribution in [3.63, 3.8) is 0 Å². The molecule has 0 saturated heterocycles. The summed E-state index contributed by atoms with van der Waals surface area (Å²) in [5, 5.41) is 20.4. The van der Waals surface area contributed by atoms with Gasteiger partial charge in [-0.05, 0) is 30.9 Å². The van der Waals surface area contributed by atoms with Gasteiger partial charge >= 0.3 is 0 Å². The van der Waals surface area contributed by atoms with Crippen molar-refractivity contribution in [2.24, 2.45) is 5.41 Å². The molecule has 0 aromatic carbocycles. The topological polar surface area (TPSA) is 58.0 Å². The van der Waals surface area contributed by atoms with Crippen molar-refractivity contribution in [3.05, 3.63) is 17.8 Å². The largest absolute Gasteiger partial charge is 0.396 e. The Morgan fingerprint density at radius 1 is 1.31 bits per heavy atom. The summed E-state index contributed by atoms with van der Waals surface area (Å²) in [5.41, 5.74) is 0.981. The Bertz CT molecular complexity index is 316. The van der Waals surface area contributed by atoms with Gasteiger partial charge in [-0.3, -0.25) is 0 Å². The molecule has 0 aliphatic carbocycles. The molecule has 1 aromatic rings. The molecular weight excluding hydrogens is 202 g/mol. The zero-order valence-corrected chi connectivity index (χ0v) is 10.5. The van der Waals surface area contributed by atoms with E-state index in [2.05, 4.69) is 36.3 Å². The van der Waals surface area contributed by atoms with Crippen LogP contribution in [0.1, 0.15) is 32.9 Å². The first-order chi connectivity index (χ1) is 7.43. The van der Waals surface area contributed by atoms with E-state index in [1.54, 1.807) is 0 Å².